The number of hydrogen-bond acceptors (Lipinski definition) is 2. The molecule has 0 heterocycles. The maximum Gasteiger partial charge on any atom is 0.224 e. The van der Waals surface area contributed by atoms with Crippen LogP contribution in [0.3, 0.4) is 0 Å². The lowest BCUT2D eigenvalue weighted by molar-refractivity contribution is -0.130. The summed E-state index contributed by atoms with van der Waals surface area (Å²) < 4.78 is 0. The summed E-state index contributed by atoms with van der Waals surface area (Å²) in [6, 6.07) is 5.18. The largest absolute Gasteiger partial charge is 0.341 e. The number of rotatable bonds is 5. The van der Waals surface area contributed by atoms with Crippen LogP contribution in [0, 0.1) is 5.41 Å². The van der Waals surface area contributed by atoms with Gasteiger partial charge < -0.3 is 10.6 Å². The molecule has 2 N–H and O–H groups in total. The van der Waals surface area contributed by atoms with Gasteiger partial charge >= 0.3 is 0 Å². The molecule has 3 nitrogen and oxygen atoms in total. The molecule has 1 rings (SSSR count). The van der Waals surface area contributed by atoms with E-state index in [1.54, 1.807) is 18.0 Å². The minimum atomic E-state index is -0.122. The molecule has 21 heavy (non-hydrogen) atoms. The number of halogens is 2. The normalized spacial score (nSPS) is 13.1. The first-order valence-corrected chi connectivity index (χ1v) is 7.77. The van der Waals surface area contributed by atoms with Crippen LogP contribution >= 0.6 is 23.2 Å². The van der Waals surface area contributed by atoms with E-state index in [0.717, 1.165) is 12.0 Å². The number of nitrogens with zero attached hydrogens (tertiary/aromatic N) is 1. The molecule has 0 aliphatic rings. The van der Waals surface area contributed by atoms with E-state index in [1.165, 1.54) is 0 Å². The minimum absolute atomic E-state index is 0.0304. The molecule has 1 aromatic rings. The average Bonchev–Trinajstić information content (AvgIpc) is 2.24. The second-order valence-electron chi connectivity index (χ2n) is 6.76. The van der Waals surface area contributed by atoms with Crippen LogP contribution in [0.1, 0.15) is 39.2 Å². The van der Waals surface area contributed by atoms with E-state index in [1.807, 2.05) is 12.1 Å². The third kappa shape index (κ3) is 7.16. The molecule has 0 aromatic heterocycles. The van der Waals surface area contributed by atoms with Crippen molar-refractivity contribution in [2.24, 2.45) is 11.1 Å². The van der Waals surface area contributed by atoms with Gasteiger partial charge in [-0.05, 0) is 35.6 Å². The topological polar surface area (TPSA) is 46.3 Å². The van der Waals surface area contributed by atoms with Gasteiger partial charge in [0, 0.05) is 36.1 Å². The molecule has 0 spiro atoms. The van der Waals surface area contributed by atoms with Gasteiger partial charge in [0.1, 0.15) is 0 Å². The number of nitrogens with two attached hydrogens (primary N) is 1. The van der Waals surface area contributed by atoms with Crippen molar-refractivity contribution in [3.8, 4) is 0 Å². The Balaban J connectivity index is 2.58. The van der Waals surface area contributed by atoms with Crippen LogP contribution in [-0.4, -0.2) is 23.9 Å². The Morgan fingerprint density at radius 2 is 1.76 bits per heavy atom. The lowest BCUT2D eigenvalue weighted by atomic mass is 9.87. The second-order valence-corrected chi connectivity index (χ2v) is 7.63. The Bertz CT molecular complexity index is 477. The van der Waals surface area contributed by atoms with E-state index in [9.17, 15) is 4.79 Å². The average molecular weight is 331 g/mol. The quantitative estimate of drug-likeness (QED) is 0.883. The third-order valence-electron chi connectivity index (χ3n) is 3.08. The van der Waals surface area contributed by atoms with Crippen molar-refractivity contribution in [1.82, 2.24) is 4.90 Å². The van der Waals surface area contributed by atoms with Gasteiger partial charge in [0.25, 0.3) is 0 Å². The molecule has 1 unspecified atom stereocenters. The Morgan fingerprint density at radius 3 is 2.24 bits per heavy atom. The zero-order chi connectivity index (χ0) is 16.2. The maximum atomic E-state index is 12.2. The SMILES string of the molecule is CN(Cc1cc(Cl)cc(Cl)c1)C(=O)CC(N)CC(C)(C)C. The number of amides is 1. The maximum absolute atomic E-state index is 12.2. The van der Waals surface area contributed by atoms with Crippen molar-refractivity contribution in [2.45, 2.75) is 46.2 Å². The van der Waals surface area contributed by atoms with Crippen molar-refractivity contribution >= 4 is 29.1 Å². The molecule has 0 fully saturated rings. The summed E-state index contributed by atoms with van der Waals surface area (Å²) in [5.41, 5.74) is 7.08. The van der Waals surface area contributed by atoms with Crippen molar-refractivity contribution in [2.75, 3.05) is 7.05 Å². The van der Waals surface area contributed by atoms with Crippen molar-refractivity contribution in [1.29, 1.82) is 0 Å². The molecular formula is C16H24Cl2N2O. The predicted octanol–water partition coefficient (Wildman–Crippen LogP) is 4.11. The zero-order valence-corrected chi connectivity index (χ0v) is 14.6. The van der Waals surface area contributed by atoms with Crippen molar-refractivity contribution in [3.63, 3.8) is 0 Å². The van der Waals surface area contributed by atoms with E-state index in [-0.39, 0.29) is 17.4 Å². The van der Waals surface area contributed by atoms with Crippen LogP contribution in [0.15, 0.2) is 18.2 Å². The first-order chi connectivity index (χ1) is 9.56. The number of carbonyl (C=O) groups excluding carboxylic acids is 1. The highest BCUT2D eigenvalue weighted by molar-refractivity contribution is 6.34. The van der Waals surface area contributed by atoms with Crippen LogP contribution in [0.2, 0.25) is 10.0 Å². The Morgan fingerprint density at radius 1 is 1.24 bits per heavy atom. The summed E-state index contributed by atoms with van der Waals surface area (Å²) in [5.74, 6) is 0.0304. The van der Waals surface area contributed by atoms with Gasteiger partial charge in [-0.15, -0.1) is 0 Å². The van der Waals surface area contributed by atoms with Gasteiger partial charge in [-0.3, -0.25) is 4.79 Å². The number of benzene rings is 1. The molecule has 0 saturated heterocycles. The lowest BCUT2D eigenvalue weighted by Gasteiger charge is -2.25. The van der Waals surface area contributed by atoms with Gasteiger partial charge in [-0.2, -0.15) is 0 Å². The first kappa shape index (κ1) is 18.3. The van der Waals surface area contributed by atoms with E-state index in [2.05, 4.69) is 20.8 Å². The molecule has 1 aromatic carbocycles. The molecule has 1 atom stereocenters. The van der Waals surface area contributed by atoms with Crippen molar-refractivity contribution in [3.05, 3.63) is 33.8 Å². The predicted molar refractivity (Wildman–Crippen MR) is 89.6 cm³/mol. The van der Waals surface area contributed by atoms with Crippen LogP contribution in [0.5, 0.6) is 0 Å². The highest BCUT2D eigenvalue weighted by Gasteiger charge is 2.20. The zero-order valence-electron chi connectivity index (χ0n) is 13.1. The van der Waals surface area contributed by atoms with Crippen LogP contribution < -0.4 is 5.73 Å². The van der Waals surface area contributed by atoms with Crippen molar-refractivity contribution < 1.29 is 4.79 Å². The Kier molecular flexibility index (Phi) is 6.51. The van der Waals surface area contributed by atoms with Gasteiger partial charge in [0.2, 0.25) is 5.91 Å². The summed E-state index contributed by atoms with van der Waals surface area (Å²) >= 11 is 11.9. The molecule has 1 amide bonds. The molecule has 118 valence electrons. The van der Waals surface area contributed by atoms with E-state index in [0.29, 0.717) is 23.0 Å². The molecule has 5 heteroatoms. The molecule has 0 bridgehead atoms. The third-order valence-corrected chi connectivity index (χ3v) is 3.52. The molecule has 0 radical (unpaired) electrons. The van der Waals surface area contributed by atoms with Gasteiger partial charge in [0.05, 0.1) is 0 Å². The van der Waals surface area contributed by atoms with E-state index in [4.69, 9.17) is 28.9 Å². The first-order valence-electron chi connectivity index (χ1n) is 7.01. The molecule has 0 saturated carbocycles. The fourth-order valence-corrected chi connectivity index (χ4v) is 2.87. The van der Waals surface area contributed by atoms with Gasteiger partial charge in [-0.1, -0.05) is 44.0 Å². The van der Waals surface area contributed by atoms with E-state index >= 15 is 0 Å². The molecule has 0 aliphatic heterocycles. The summed E-state index contributed by atoms with van der Waals surface area (Å²) in [6.45, 7) is 6.83. The summed E-state index contributed by atoms with van der Waals surface area (Å²) in [5, 5.41) is 1.14. The smallest absolute Gasteiger partial charge is 0.224 e. The van der Waals surface area contributed by atoms with Crippen LogP contribution in [0.25, 0.3) is 0 Å². The highest BCUT2D eigenvalue weighted by atomic mass is 35.5. The fourth-order valence-electron chi connectivity index (χ4n) is 2.30. The summed E-state index contributed by atoms with van der Waals surface area (Å²) in [7, 11) is 1.76. The number of carbonyl (C=O) groups is 1. The Hall–Kier alpha value is -0.770. The monoisotopic (exact) mass is 330 g/mol. The van der Waals surface area contributed by atoms with Crippen LogP contribution in [0.4, 0.5) is 0 Å². The number of hydrogen-bond donors (Lipinski definition) is 1. The highest BCUT2D eigenvalue weighted by Crippen LogP contribution is 2.22. The lowest BCUT2D eigenvalue weighted by Crippen LogP contribution is -2.35. The van der Waals surface area contributed by atoms with Crippen LogP contribution in [-0.2, 0) is 11.3 Å². The molecule has 0 aliphatic carbocycles. The van der Waals surface area contributed by atoms with E-state index < -0.39 is 0 Å². The van der Waals surface area contributed by atoms with Gasteiger partial charge in [-0.25, -0.2) is 0 Å². The summed E-state index contributed by atoms with van der Waals surface area (Å²) in [6.07, 6.45) is 1.16. The Labute approximate surface area is 137 Å². The minimum Gasteiger partial charge on any atom is -0.341 e. The van der Waals surface area contributed by atoms with Gasteiger partial charge in [0.15, 0.2) is 0 Å². The summed E-state index contributed by atoms with van der Waals surface area (Å²) in [4.78, 5) is 13.9. The molecular weight excluding hydrogens is 307 g/mol. The standard InChI is InChI=1S/C16H24Cl2N2O/c1-16(2,3)9-14(19)8-15(21)20(4)10-11-5-12(17)7-13(18)6-11/h5-7,14H,8-10,19H2,1-4H3. The second kappa shape index (κ2) is 7.48. The fraction of sp³-hybridized carbons (Fsp3) is 0.562.